The van der Waals surface area contributed by atoms with E-state index in [0.717, 1.165) is 11.3 Å². The van der Waals surface area contributed by atoms with Crippen molar-refractivity contribution in [1.82, 2.24) is 4.90 Å². The lowest BCUT2D eigenvalue weighted by molar-refractivity contribution is 0.0602. The van der Waals surface area contributed by atoms with E-state index in [2.05, 4.69) is 19.2 Å². The first-order valence-electron chi connectivity index (χ1n) is 8.85. The molecule has 2 aromatic rings. The molecule has 0 unspecified atom stereocenters. The molecule has 0 spiro atoms. The zero-order valence-corrected chi connectivity index (χ0v) is 16.2. The average molecular weight is 370 g/mol. The number of nitrogens with one attached hydrogen (secondary N) is 1. The maximum atomic E-state index is 12.4. The Hall–Kier alpha value is -3.02. The summed E-state index contributed by atoms with van der Waals surface area (Å²) in [5.41, 5.74) is 1.85. The zero-order valence-electron chi connectivity index (χ0n) is 16.2. The van der Waals surface area contributed by atoms with Gasteiger partial charge in [-0.1, -0.05) is 44.2 Å². The van der Waals surface area contributed by atoms with Gasteiger partial charge in [0.2, 0.25) is 0 Å². The number of para-hydroxylation sites is 2. The van der Waals surface area contributed by atoms with E-state index in [9.17, 15) is 9.59 Å². The van der Waals surface area contributed by atoms with E-state index in [1.807, 2.05) is 24.3 Å². The van der Waals surface area contributed by atoms with Crippen LogP contribution in [0.3, 0.4) is 0 Å². The van der Waals surface area contributed by atoms with Crippen LogP contribution < -0.4 is 10.1 Å². The number of ether oxygens (including phenoxy) is 2. The molecule has 0 fully saturated rings. The minimum Gasteiger partial charge on any atom is -0.491 e. The number of benzene rings is 2. The van der Waals surface area contributed by atoms with Gasteiger partial charge in [0.1, 0.15) is 12.4 Å². The van der Waals surface area contributed by atoms with Gasteiger partial charge in [0.15, 0.2) is 0 Å². The summed E-state index contributed by atoms with van der Waals surface area (Å²) in [5.74, 6) is 0.691. The molecule has 2 amide bonds. The maximum absolute atomic E-state index is 12.4. The summed E-state index contributed by atoms with van der Waals surface area (Å²) in [4.78, 5) is 25.7. The second-order valence-electron chi connectivity index (χ2n) is 6.43. The van der Waals surface area contributed by atoms with E-state index in [0.29, 0.717) is 30.3 Å². The number of carbonyl (C=O) groups is 2. The molecule has 1 N–H and O–H groups in total. The van der Waals surface area contributed by atoms with Crippen LogP contribution in [-0.4, -0.2) is 44.2 Å². The number of rotatable bonds is 7. The van der Waals surface area contributed by atoms with Crippen molar-refractivity contribution in [3.05, 3.63) is 59.7 Å². The molecule has 0 saturated carbocycles. The number of esters is 1. The smallest absolute Gasteiger partial charge is 0.339 e. The number of methoxy groups -OCH3 is 1. The van der Waals surface area contributed by atoms with Crippen molar-refractivity contribution in [3.8, 4) is 5.75 Å². The fourth-order valence-corrected chi connectivity index (χ4v) is 2.57. The minimum atomic E-state index is -0.498. The summed E-state index contributed by atoms with van der Waals surface area (Å²) >= 11 is 0. The highest BCUT2D eigenvalue weighted by atomic mass is 16.5. The van der Waals surface area contributed by atoms with Crippen molar-refractivity contribution < 1.29 is 19.1 Å². The van der Waals surface area contributed by atoms with Crippen molar-refractivity contribution >= 4 is 17.7 Å². The molecule has 144 valence electrons. The van der Waals surface area contributed by atoms with Crippen LogP contribution in [0, 0.1) is 0 Å². The van der Waals surface area contributed by atoms with E-state index in [1.165, 1.54) is 12.0 Å². The average Bonchev–Trinajstić information content (AvgIpc) is 2.67. The van der Waals surface area contributed by atoms with Gasteiger partial charge in [-0.3, -0.25) is 0 Å². The molecule has 0 radical (unpaired) electrons. The van der Waals surface area contributed by atoms with Crippen molar-refractivity contribution in [2.45, 2.75) is 19.8 Å². The third kappa shape index (κ3) is 5.48. The first-order chi connectivity index (χ1) is 12.9. The van der Waals surface area contributed by atoms with Gasteiger partial charge in [0.25, 0.3) is 0 Å². The highest BCUT2D eigenvalue weighted by Gasteiger charge is 2.15. The van der Waals surface area contributed by atoms with Gasteiger partial charge < -0.3 is 19.7 Å². The van der Waals surface area contributed by atoms with Crippen molar-refractivity contribution in [1.29, 1.82) is 0 Å². The summed E-state index contributed by atoms with van der Waals surface area (Å²) in [6.07, 6.45) is 0. The normalized spacial score (nSPS) is 10.4. The third-order valence-corrected chi connectivity index (χ3v) is 4.15. The molecular weight excluding hydrogens is 344 g/mol. The molecule has 0 atom stereocenters. The summed E-state index contributed by atoms with van der Waals surface area (Å²) in [7, 11) is 2.98. The Balaban J connectivity index is 1.93. The van der Waals surface area contributed by atoms with Crippen LogP contribution >= 0.6 is 0 Å². The van der Waals surface area contributed by atoms with Gasteiger partial charge in [0, 0.05) is 7.05 Å². The van der Waals surface area contributed by atoms with Crippen LogP contribution in [0.1, 0.15) is 35.7 Å². The summed E-state index contributed by atoms with van der Waals surface area (Å²) in [6, 6.07) is 14.3. The molecule has 0 aliphatic heterocycles. The van der Waals surface area contributed by atoms with E-state index in [-0.39, 0.29) is 6.03 Å². The van der Waals surface area contributed by atoms with Gasteiger partial charge in [-0.05, 0) is 29.7 Å². The third-order valence-electron chi connectivity index (χ3n) is 4.15. The van der Waals surface area contributed by atoms with Crippen LogP contribution in [-0.2, 0) is 4.74 Å². The molecule has 0 aliphatic carbocycles. The molecular formula is C21H26N2O4. The monoisotopic (exact) mass is 370 g/mol. The maximum Gasteiger partial charge on any atom is 0.339 e. The van der Waals surface area contributed by atoms with Gasteiger partial charge >= 0.3 is 12.0 Å². The van der Waals surface area contributed by atoms with Gasteiger partial charge in [-0.2, -0.15) is 0 Å². The zero-order chi connectivity index (χ0) is 19.8. The van der Waals surface area contributed by atoms with Crippen molar-refractivity contribution in [2.75, 3.05) is 32.6 Å². The number of likely N-dealkylation sites (N-methyl/N-ethyl adjacent to an activating group) is 1. The molecule has 27 heavy (non-hydrogen) atoms. The lowest BCUT2D eigenvalue weighted by atomic mass is 10.0. The van der Waals surface area contributed by atoms with Crippen LogP contribution in [0.25, 0.3) is 0 Å². The molecule has 0 aliphatic rings. The SMILES string of the molecule is COC(=O)c1ccccc1NC(=O)N(C)CCOc1ccccc1C(C)C. The first-order valence-corrected chi connectivity index (χ1v) is 8.85. The molecule has 0 heterocycles. The number of carbonyl (C=O) groups excluding carboxylic acids is 2. The number of amides is 2. The highest BCUT2D eigenvalue weighted by Crippen LogP contribution is 2.25. The highest BCUT2D eigenvalue weighted by molar-refractivity contribution is 6.00. The Labute approximate surface area is 160 Å². The second kappa shape index (κ2) is 9.62. The topological polar surface area (TPSA) is 67.9 Å². The van der Waals surface area contributed by atoms with Gasteiger partial charge in [-0.15, -0.1) is 0 Å². The Morgan fingerprint density at radius 1 is 1.07 bits per heavy atom. The number of nitrogens with zero attached hydrogens (tertiary/aromatic N) is 1. The summed E-state index contributed by atoms with van der Waals surface area (Å²) in [6.45, 7) is 4.99. The Morgan fingerprint density at radius 2 is 1.74 bits per heavy atom. The van der Waals surface area contributed by atoms with Crippen LogP contribution in [0.2, 0.25) is 0 Å². The molecule has 2 aromatic carbocycles. The summed E-state index contributed by atoms with van der Waals surface area (Å²) < 4.78 is 10.6. The largest absolute Gasteiger partial charge is 0.491 e. The number of urea groups is 1. The molecule has 6 nitrogen and oxygen atoms in total. The van der Waals surface area contributed by atoms with E-state index < -0.39 is 5.97 Å². The van der Waals surface area contributed by atoms with Crippen LogP contribution in [0.4, 0.5) is 10.5 Å². The van der Waals surface area contributed by atoms with Crippen LogP contribution in [0.5, 0.6) is 5.75 Å². The van der Waals surface area contributed by atoms with Gasteiger partial charge in [-0.25, -0.2) is 9.59 Å². The molecule has 6 heteroatoms. The molecule has 0 bridgehead atoms. The van der Waals surface area contributed by atoms with Gasteiger partial charge in [0.05, 0.1) is 24.9 Å². The van der Waals surface area contributed by atoms with E-state index >= 15 is 0 Å². The van der Waals surface area contributed by atoms with Crippen LogP contribution in [0.15, 0.2) is 48.5 Å². The molecule has 0 saturated heterocycles. The fourth-order valence-electron chi connectivity index (χ4n) is 2.57. The molecule has 0 aromatic heterocycles. The standard InChI is InChI=1S/C21H26N2O4/c1-15(2)16-9-6-8-12-19(16)27-14-13-23(3)21(25)22-18-11-7-5-10-17(18)20(24)26-4/h5-12,15H,13-14H2,1-4H3,(H,22,25). The summed E-state index contributed by atoms with van der Waals surface area (Å²) in [5, 5.41) is 2.73. The Bertz CT molecular complexity index is 789. The number of anilines is 1. The van der Waals surface area contributed by atoms with E-state index in [1.54, 1.807) is 31.3 Å². The lowest BCUT2D eigenvalue weighted by Gasteiger charge is -2.20. The Kier molecular flexibility index (Phi) is 7.23. The van der Waals surface area contributed by atoms with E-state index in [4.69, 9.17) is 9.47 Å². The second-order valence-corrected chi connectivity index (χ2v) is 6.43. The van der Waals surface area contributed by atoms with Crippen molar-refractivity contribution in [3.63, 3.8) is 0 Å². The lowest BCUT2D eigenvalue weighted by Crippen LogP contribution is -2.35. The Morgan fingerprint density at radius 3 is 2.44 bits per heavy atom. The number of hydrogen-bond acceptors (Lipinski definition) is 4. The molecule has 2 rings (SSSR count). The van der Waals surface area contributed by atoms with Crippen molar-refractivity contribution in [2.24, 2.45) is 0 Å². The predicted molar refractivity (Wildman–Crippen MR) is 105 cm³/mol. The quantitative estimate of drug-likeness (QED) is 0.744. The first kappa shape index (κ1) is 20.3. The minimum absolute atomic E-state index is 0.309. The predicted octanol–water partition coefficient (Wildman–Crippen LogP) is 4.14. The number of hydrogen-bond donors (Lipinski definition) is 1. The fraction of sp³-hybridized carbons (Fsp3) is 0.333.